The van der Waals surface area contributed by atoms with Crippen molar-refractivity contribution in [2.75, 3.05) is 0 Å². The Balaban J connectivity index is 1.83. The molecule has 0 amide bonds. The molecule has 0 bridgehead atoms. The van der Waals surface area contributed by atoms with Crippen molar-refractivity contribution in [1.82, 2.24) is 0 Å². The van der Waals surface area contributed by atoms with E-state index in [0.29, 0.717) is 5.66 Å². The maximum atomic E-state index is 2.29. The van der Waals surface area contributed by atoms with E-state index < -0.39 is 0 Å². The van der Waals surface area contributed by atoms with Crippen molar-refractivity contribution >= 4 is 13.9 Å². The first kappa shape index (κ1) is 11.9. The van der Waals surface area contributed by atoms with Crippen LogP contribution in [0.4, 0.5) is 0 Å². The van der Waals surface area contributed by atoms with Crippen LogP contribution in [0.5, 0.6) is 0 Å². The molecule has 1 atom stereocenters. The van der Waals surface area contributed by atoms with Gasteiger partial charge in [-0.1, -0.05) is 87.4 Å². The third-order valence-corrected chi connectivity index (χ3v) is 5.50. The predicted octanol–water partition coefficient (Wildman–Crippen LogP) is 4.76. The molecule has 0 saturated heterocycles. The Morgan fingerprint density at radius 2 is 1.05 bits per heavy atom. The molecule has 0 N–H and O–H groups in total. The Labute approximate surface area is 121 Å². The summed E-state index contributed by atoms with van der Waals surface area (Å²) in [5.41, 5.74) is 6.31. The molecule has 0 fully saturated rings. The first-order valence-corrected chi connectivity index (χ1v) is 8.01. The second-order valence-electron chi connectivity index (χ2n) is 5.12. The van der Waals surface area contributed by atoms with Crippen molar-refractivity contribution in [3.8, 4) is 11.1 Å². The zero-order valence-corrected chi connectivity index (χ0v) is 12.1. The highest BCUT2D eigenvalue weighted by molar-refractivity contribution is 7.48. The maximum absolute atomic E-state index is 2.29. The first-order valence-electron chi connectivity index (χ1n) is 6.93. The lowest BCUT2D eigenvalue weighted by molar-refractivity contribution is 1.21. The number of hydrogen-bond acceptors (Lipinski definition) is 0. The minimum Gasteiger partial charge on any atom is -0.0781 e. The van der Waals surface area contributed by atoms with Gasteiger partial charge in [-0.2, -0.15) is 0 Å². The highest BCUT2D eigenvalue weighted by atomic mass is 31.1. The number of fused-ring (bicyclic) bond motifs is 3. The molecule has 96 valence electrons. The lowest BCUT2D eigenvalue weighted by Crippen LogP contribution is -1.98. The average Bonchev–Trinajstić information content (AvgIpc) is 2.84. The Kier molecular flexibility index (Phi) is 2.90. The fourth-order valence-corrected chi connectivity index (χ4v) is 4.54. The third-order valence-electron chi connectivity index (χ3n) is 3.92. The van der Waals surface area contributed by atoms with Crippen molar-refractivity contribution in [1.29, 1.82) is 0 Å². The van der Waals surface area contributed by atoms with Crippen molar-refractivity contribution < 1.29 is 0 Å². The van der Waals surface area contributed by atoms with E-state index in [2.05, 4.69) is 78.9 Å². The maximum Gasteiger partial charge on any atom is 0.0316 e. The molecule has 0 nitrogen and oxygen atoms in total. The predicted molar refractivity (Wildman–Crippen MR) is 88.1 cm³/mol. The van der Waals surface area contributed by atoms with Crippen LogP contribution in [0, 0.1) is 0 Å². The average molecular weight is 274 g/mol. The van der Waals surface area contributed by atoms with Crippen LogP contribution in [0.3, 0.4) is 0 Å². The highest BCUT2D eigenvalue weighted by Crippen LogP contribution is 2.52. The highest BCUT2D eigenvalue weighted by Gasteiger charge is 2.27. The normalized spacial score (nSPS) is 13.6. The molecule has 1 heteroatoms. The summed E-state index contributed by atoms with van der Waals surface area (Å²) in [6, 6.07) is 28.5. The van der Waals surface area contributed by atoms with E-state index in [1.807, 2.05) is 0 Å². The minimum absolute atomic E-state index is 0.518. The molecule has 1 aliphatic rings. The fourth-order valence-electron chi connectivity index (χ4n) is 3.01. The molecule has 0 heterocycles. The van der Waals surface area contributed by atoms with E-state index in [-0.39, 0.29) is 0 Å². The van der Waals surface area contributed by atoms with Crippen LogP contribution in [-0.4, -0.2) is 0 Å². The van der Waals surface area contributed by atoms with Crippen molar-refractivity contribution in [3.63, 3.8) is 0 Å². The summed E-state index contributed by atoms with van der Waals surface area (Å²) < 4.78 is 0. The molecule has 0 aromatic heterocycles. The molecule has 0 saturated carbocycles. The minimum atomic E-state index is 0.518. The second kappa shape index (κ2) is 4.89. The van der Waals surface area contributed by atoms with Gasteiger partial charge in [-0.15, -0.1) is 0 Å². The van der Waals surface area contributed by atoms with Gasteiger partial charge in [-0.25, -0.2) is 0 Å². The lowest BCUT2D eigenvalue weighted by Gasteiger charge is -2.13. The van der Waals surface area contributed by atoms with E-state index in [1.165, 1.54) is 27.6 Å². The van der Waals surface area contributed by atoms with Gasteiger partial charge in [0.2, 0.25) is 0 Å². The van der Waals surface area contributed by atoms with Gasteiger partial charge >= 0.3 is 0 Å². The second-order valence-corrected chi connectivity index (χ2v) is 6.56. The van der Waals surface area contributed by atoms with E-state index in [9.17, 15) is 0 Å². The Bertz CT molecular complexity index is 701. The van der Waals surface area contributed by atoms with E-state index in [4.69, 9.17) is 0 Å². The summed E-state index contributed by atoms with van der Waals surface area (Å²) in [6.07, 6.45) is 0. The van der Waals surface area contributed by atoms with Crippen molar-refractivity contribution in [2.45, 2.75) is 5.66 Å². The van der Waals surface area contributed by atoms with E-state index in [0.717, 1.165) is 8.58 Å². The quantitative estimate of drug-likeness (QED) is 0.591. The summed E-state index contributed by atoms with van der Waals surface area (Å²) in [5.74, 6) is 0. The topological polar surface area (TPSA) is 0 Å². The standard InChI is InChI=1S/C19H15P/c1-2-8-14(9-3-1)20-19-17-12-6-4-10-15(17)16-11-5-7-13-18(16)19/h1-13,19-20H. The zero-order chi connectivity index (χ0) is 13.4. The molecule has 3 aromatic carbocycles. The van der Waals surface area contributed by atoms with Gasteiger partial charge in [0.1, 0.15) is 0 Å². The molecular formula is C19H15P. The van der Waals surface area contributed by atoms with Crippen molar-refractivity contribution in [3.05, 3.63) is 90.0 Å². The van der Waals surface area contributed by atoms with Gasteiger partial charge in [0.05, 0.1) is 0 Å². The molecule has 1 unspecified atom stereocenters. The Morgan fingerprint density at radius 3 is 1.65 bits per heavy atom. The van der Waals surface area contributed by atoms with Gasteiger partial charge in [-0.3, -0.25) is 0 Å². The summed E-state index contributed by atoms with van der Waals surface area (Å²) in [5, 5.41) is 1.43. The van der Waals surface area contributed by atoms with E-state index in [1.54, 1.807) is 0 Å². The van der Waals surface area contributed by atoms with Gasteiger partial charge in [0, 0.05) is 5.66 Å². The van der Waals surface area contributed by atoms with Crippen LogP contribution < -0.4 is 5.30 Å². The molecule has 0 aliphatic heterocycles. The Hall–Kier alpha value is -1.91. The molecule has 0 spiro atoms. The smallest absolute Gasteiger partial charge is 0.0316 e. The molecule has 20 heavy (non-hydrogen) atoms. The lowest BCUT2D eigenvalue weighted by atomic mass is 10.1. The van der Waals surface area contributed by atoms with Crippen molar-refractivity contribution in [2.24, 2.45) is 0 Å². The van der Waals surface area contributed by atoms with Crippen LogP contribution in [0.25, 0.3) is 11.1 Å². The van der Waals surface area contributed by atoms with Gasteiger partial charge in [0.25, 0.3) is 0 Å². The molecular weight excluding hydrogens is 259 g/mol. The monoisotopic (exact) mass is 274 g/mol. The first-order chi connectivity index (χ1) is 9.93. The molecule has 3 aromatic rings. The number of rotatable bonds is 2. The number of benzene rings is 3. The van der Waals surface area contributed by atoms with Gasteiger partial charge in [-0.05, 0) is 27.6 Å². The largest absolute Gasteiger partial charge is 0.0781 e. The number of hydrogen-bond donors (Lipinski definition) is 0. The van der Waals surface area contributed by atoms with Crippen LogP contribution in [0.1, 0.15) is 16.8 Å². The van der Waals surface area contributed by atoms with Crippen LogP contribution in [0.2, 0.25) is 0 Å². The summed E-state index contributed by atoms with van der Waals surface area (Å²) in [4.78, 5) is 0. The summed E-state index contributed by atoms with van der Waals surface area (Å²) in [7, 11) is 0.792. The Morgan fingerprint density at radius 1 is 0.550 bits per heavy atom. The third kappa shape index (κ3) is 1.88. The van der Waals surface area contributed by atoms with Crippen LogP contribution in [-0.2, 0) is 0 Å². The van der Waals surface area contributed by atoms with Crippen LogP contribution >= 0.6 is 8.58 Å². The zero-order valence-electron chi connectivity index (χ0n) is 11.1. The SMILES string of the molecule is c1ccc(PC2c3ccccc3-c3ccccc32)cc1. The summed E-state index contributed by atoms with van der Waals surface area (Å²) in [6.45, 7) is 0. The molecule has 4 rings (SSSR count). The van der Waals surface area contributed by atoms with Gasteiger partial charge < -0.3 is 0 Å². The van der Waals surface area contributed by atoms with Crippen LogP contribution in [0.15, 0.2) is 78.9 Å². The fraction of sp³-hybridized carbons (Fsp3) is 0.0526. The summed E-state index contributed by atoms with van der Waals surface area (Å²) >= 11 is 0. The van der Waals surface area contributed by atoms with E-state index >= 15 is 0 Å². The molecule has 0 radical (unpaired) electrons. The van der Waals surface area contributed by atoms with Gasteiger partial charge in [0.15, 0.2) is 0 Å². The molecule has 1 aliphatic carbocycles.